The average Bonchev–Trinajstić information content (AvgIpc) is 3.22. The number of likely N-dealkylation sites (tertiary alicyclic amines) is 1. The highest BCUT2D eigenvalue weighted by Crippen LogP contribution is 2.29. The summed E-state index contributed by atoms with van der Waals surface area (Å²) in [6.07, 6.45) is -1.10. The number of rotatable bonds is 2. The molecule has 1 atom stereocenters. The molecule has 1 aromatic rings. The maximum atomic E-state index is 12.7. The smallest absolute Gasteiger partial charge is 0.432 e. The van der Waals surface area contributed by atoms with E-state index in [1.807, 2.05) is 0 Å². The number of hydrazine groups is 1. The van der Waals surface area contributed by atoms with Crippen molar-refractivity contribution in [1.29, 1.82) is 0 Å². The molecule has 0 unspecified atom stereocenters. The van der Waals surface area contributed by atoms with Gasteiger partial charge in [0, 0.05) is 13.1 Å². The lowest BCUT2D eigenvalue weighted by Crippen LogP contribution is -2.51. The lowest BCUT2D eigenvalue weighted by atomic mass is 10.1. The maximum Gasteiger partial charge on any atom is 0.432 e. The lowest BCUT2D eigenvalue weighted by Gasteiger charge is -2.37. The molecule has 0 bridgehead atoms. The number of aromatic amines is 1. The minimum atomic E-state index is -4.51. The van der Waals surface area contributed by atoms with Gasteiger partial charge in [-0.2, -0.15) is 13.2 Å². The third-order valence-electron chi connectivity index (χ3n) is 4.07. The number of aromatic nitrogens is 2. The Morgan fingerprint density at radius 3 is 2.74 bits per heavy atom. The predicted molar refractivity (Wildman–Crippen MR) is 88.5 cm³/mol. The van der Waals surface area contributed by atoms with Gasteiger partial charge in [-0.15, -0.1) is 0 Å². The van der Waals surface area contributed by atoms with Crippen LogP contribution >= 0.6 is 0 Å². The number of halogens is 3. The van der Waals surface area contributed by atoms with E-state index in [1.165, 1.54) is 6.20 Å². The molecule has 2 aliphatic heterocycles. The summed E-state index contributed by atoms with van der Waals surface area (Å²) in [5.41, 5.74) is 1.12. The fourth-order valence-corrected chi connectivity index (χ4v) is 2.83. The Balaban J connectivity index is 1.65. The van der Waals surface area contributed by atoms with Crippen molar-refractivity contribution in [1.82, 2.24) is 25.5 Å². The number of nitrogens with zero attached hydrogens (tertiary/aromatic N) is 3. The number of hydrogen-bond acceptors (Lipinski definition) is 6. The van der Waals surface area contributed by atoms with Crippen LogP contribution in [0.3, 0.4) is 0 Å². The van der Waals surface area contributed by atoms with Gasteiger partial charge < -0.3 is 19.5 Å². The zero-order valence-corrected chi connectivity index (χ0v) is 15.3. The Kier molecular flexibility index (Phi) is 4.98. The third-order valence-corrected chi connectivity index (χ3v) is 4.07. The summed E-state index contributed by atoms with van der Waals surface area (Å²) in [7, 11) is 0. The molecule has 0 aliphatic carbocycles. The normalized spacial score (nSPS) is 21.1. The quantitative estimate of drug-likeness (QED) is 0.810. The van der Waals surface area contributed by atoms with Gasteiger partial charge in [-0.1, -0.05) is 5.59 Å². The van der Waals surface area contributed by atoms with Crippen LogP contribution in [0.5, 0.6) is 0 Å². The summed E-state index contributed by atoms with van der Waals surface area (Å²) in [5.74, 6) is 0.108. The molecule has 1 amide bonds. The van der Waals surface area contributed by atoms with Crippen molar-refractivity contribution < 1.29 is 27.5 Å². The first-order valence-electron chi connectivity index (χ1n) is 8.56. The van der Waals surface area contributed by atoms with E-state index in [-0.39, 0.29) is 17.6 Å². The SMILES string of the molecule is CC(C)(C)OC(=O)N1CCC[C@H](N2C=C(c3ncc(C(F)(F)F)[nH]3)ON2)C1. The molecule has 2 N–H and O–H groups in total. The molecule has 0 saturated carbocycles. The second-order valence-corrected chi connectivity index (χ2v) is 7.46. The molecule has 3 heterocycles. The number of carbonyl (C=O) groups is 1. The van der Waals surface area contributed by atoms with E-state index < -0.39 is 23.6 Å². The van der Waals surface area contributed by atoms with Crippen LogP contribution in [0.2, 0.25) is 0 Å². The highest BCUT2D eigenvalue weighted by atomic mass is 19.4. The van der Waals surface area contributed by atoms with Gasteiger partial charge in [-0.25, -0.2) is 9.78 Å². The van der Waals surface area contributed by atoms with Crippen molar-refractivity contribution in [2.24, 2.45) is 0 Å². The summed E-state index contributed by atoms with van der Waals surface area (Å²) in [6.45, 7) is 6.39. The third kappa shape index (κ3) is 4.65. The Hall–Kier alpha value is -2.43. The summed E-state index contributed by atoms with van der Waals surface area (Å²) in [4.78, 5) is 25.0. The zero-order chi connectivity index (χ0) is 19.8. The first-order valence-corrected chi connectivity index (χ1v) is 8.56. The van der Waals surface area contributed by atoms with E-state index in [4.69, 9.17) is 9.57 Å². The summed E-state index contributed by atoms with van der Waals surface area (Å²) < 4.78 is 43.4. The summed E-state index contributed by atoms with van der Waals surface area (Å²) in [5, 5.41) is 1.63. The molecular formula is C16H22F3N5O3. The zero-order valence-electron chi connectivity index (χ0n) is 15.3. The highest BCUT2D eigenvalue weighted by Gasteiger charge is 2.35. The minimum absolute atomic E-state index is 0.0304. The molecule has 2 aliphatic rings. The van der Waals surface area contributed by atoms with Crippen LogP contribution in [-0.4, -0.2) is 50.7 Å². The second-order valence-electron chi connectivity index (χ2n) is 7.46. The molecule has 27 heavy (non-hydrogen) atoms. The number of alkyl halides is 3. The van der Waals surface area contributed by atoms with Gasteiger partial charge in [0.25, 0.3) is 0 Å². The standard InChI is InChI=1S/C16H22F3N5O3/c1-15(2,3)26-14(25)23-6-4-5-10(8-23)24-9-11(27-22-24)13-20-7-12(21-13)16(17,18)19/h7,9-10,22H,4-6,8H2,1-3H3,(H,20,21)/t10-/m0/s1. The van der Waals surface area contributed by atoms with Gasteiger partial charge in [0.05, 0.1) is 18.4 Å². The summed E-state index contributed by atoms with van der Waals surface area (Å²) in [6, 6.07) is -0.110. The van der Waals surface area contributed by atoms with Crippen molar-refractivity contribution >= 4 is 11.9 Å². The van der Waals surface area contributed by atoms with Gasteiger partial charge in [-0.3, -0.25) is 5.01 Å². The van der Waals surface area contributed by atoms with E-state index >= 15 is 0 Å². The molecule has 0 spiro atoms. The molecule has 3 rings (SSSR count). The number of nitrogens with one attached hydrogen (secondary N) is 2. The molecule has 150 valence electrons. The number of piperidine rings is 1. The van der Waals surface area contributed by atoms with Gasteiger partial charge in [0.15, 0.2) is 5.82 Å². The largest absolute Gasteiger partial charge is 0.444 e. The van der Waals surface area contributed by atoms with Gasteiger partial charge in [0.1, 0.15) is 11.3 Å². The van der Waals surface area contributed by atoms with Crippen LogP contribution in [0.15, 0.2) is 12.4 Å². The number of H-pyrrole nitrogens is 1. The maximum absolute atomic E-state index is 12.7. The van der Waals surface area contributed by atoms with Crippen molar-refractivity contribution in [3.63, 3.8) is 0 Å². The van der Waals surface area contributed by atoms with Crippen LogP contribution in [0.4, 0.5) is 18.0 Å². The number of imidazole rings is 1. The Bertz CT molecular complexity index is 726. The highest BCUT2D eigenvalue weighted by molar-refractivity contribution is 5.68. The van der Waals surface area contributed by atoms with Gasteiger partial charge in [-0.05, 0) is 33.6 Å². The predicted octanol–water partition coefficient (Wildman–Crippen LogP) is 2.88. The monoisotopic (exact) mass is 389 g/mol. The number of ether oxygens (including phenoxy) is 1. The Labute approximate surface area is 154 Å². The van der Waals surface area contributed by atoms with Gasteiger partial charge >= 0.3 is 12.3 Å². The van der Waals surface area contributed by atoms with Crippen LogP contribution in [-0.2, 0) is 15.8 Å². The van der Waals surface area contributed by atoms with Crippen LogP contribution < -0.4 is 5.59 Å². The number of hydrogen-bond donors (Lipinski definition) is 2. The van der Waals surface area contributed by atoms with Gasteiger partial charge in [0.2, 0.25) is 5.76 Å². The van der Waals surface area contributed by atoms with Crippen molar-refractivity contribution in [3.05, 3.63) is 23.9 Å². The molecule has 11 heteroatoms. The average molecular weight is 389 g/mol. The molecular weight excluding hydrogens is 367 g/mol. The van der Waals surface area contributed by atoms with E-state index in [9.17, 15) is 18.0 Å². The van der Waals surface area contributed by atoms with Crippen LogP contribution in [0.1, 0.15) is 45.1 Å². The van der Waals surface area contributed by atoms with Crippen LogP contribution in [0, 0.1) is 0 Å². The minimum Gasteiger partial charge on any atom is -0.444 e. The van der Waals surface area contributed by atoms with E-state index in [0.29, 0.717) is 19.3 Å². The van der Waals surface area contributed by atoms with Crippen molar-refractivity contribution in [3.8, 4) is 0 Å². The van der Waals surface area contributed by atoms with Crippen molar-refractivity contribution in [2.75, 3.05) is 13.1 Å². The fourth-order valence-electron chi connectivity index (χ4n) is 2.83. The van der Waals surface area contributed by atoms with Crippen molar-refractivity contribution in [2.45, 2.75) is 51.4 Å². The molecule has 1 fully saturated rings. The number of carbonyl (C=O) groups excluding carboxylic acids is 1. The molecule has 1 aromatic heterocycles. The molecule has 0 aromatic carbocycles. The Morgan fingerprint density at radius 2 is 2.11 bits per heavy atom. The Morgan fingerprint density at radius 1 is 1.37 bits per heavy atom. The van der Waals surface area contributed by atoms with E-state index in [1.54, 1.807) is 30.7 Å². The molecule has 8 nitrogen and oxygen atoms in total. The second kappa shape index (κ2) is 6.95. The summed E-state index contributed by atoms with van der Waals surface area (Å²) >= 11 is 0. The first-order chi connectivity index (χ1) is 12.5. The molecule has 1 saturated heterocycles. The molecule has 0 radical (unpaired) electrons. The number of amides is 1. The lowest BCUT2D eigenvalue weighted by molar-refractivity contribution is -0.140. The van der Waals surface area contributed by atoms with E-state index in [0.717, 1.165) is 12.8 Å². The van der Waals surface area contributed by atoms with E-state index in [2.05, 4.69) is 15.6 Å². The first kappa shape index (κ1) is 19.3. The van der Waals surface area contributed by atoms with Crippen LogP contribution in [0.25, 0.3) is 5.76 Å². The fraction of sp³-hybridized carbons (Fsp3) is 0.625. The topological polar surface area (TPSA) is 82.7 Å².